The molecule has 1 rings (SSSR count). The maximum atomic E-state index is 12.3. The maximum Gasteiger partial charge on any atom is 0.319 e. The molecule has 1 fully saturated rings. The third kappa shape index (κ3) is 2.89. The first-order valence-electron chi connectivity index (χ1n) is 7.53. The van der Waals surface area contributed by atoms with Crippen molar-refractivity contribution in [2.45, 2.75) is 53.4 Å². The van der Waals surface area contributed by atoms with Crippen LogP contribution in [-0.4, -0.2) is 29.9 Å². The van der Waals surface area contributed by atoms with Crippen LogP contribution in [0.25, 0.3) is 0 Å². The summed E-state index contributed by atoms with van der Waals surface area (Å²) in [6.45, 7) is 9.84. The van der Waals surface area contributed by atoms with E-state index in [-0.39, 0.29) is 30.4 Å². The Balaban J connectivity index is 3.18. The summed E-state index contributed by atoms with van der Waals surface area (Å²) in [7, 11) is 0. The van der Waals surface area contributed by atoms with E-state index >= 15 is 0 Å². The Hall–Kier alpha value is -1.78. The molecular weight excluding hydrogens is 284 g/mol. The van der Waals surface area contributed by atoms with Gasteiger partial charge in [-0.05, 0) is 47.0 Å². The first-order chi connectivity index (χ1) is 10.1. The highest BCUT2D eigenvalue weighted by molar-refractivity contribution is 6.09. The Morgan fingerprint density at radius 2 is 1.82 bits per heavy atom. The van der Waals surface area contributed by atoms with Gasteiger partial charge in [-0.15, -0.1) is 0 Å². The van der Waals surface area contributed by atoms with Gasteiger partial charge in [0.15, 0.2) is 5.78 Å². The molecule has 0 amide bonds. The van der Waals surface area contributed by atoms with Crippen molar-refractivity contribution in [2.75, 3.05) is 6.61 Å². The van der Waals surface area contributed by atoms with E-state index in [0.717, 1.165) is 0 Å². The van der Waals surface area contributed by atoms with Crippen LogP contribution in [0.15, 0.2) is 12.2 Å². The van der Waals surface area contributed by atoms with Gasteiger partial charge in [0.25, 0.3) is 0 Å². The van der Waals surface area contributed by atoms with Crippen LogP contribution in [0.2, 0.25) is 0 Å². The van der Waals surface area contributed by atoms with Gasteiger partial charge in [0.1, 0.15) is 22.4 Å². The molecule has 1 unspecified atom stereocenters. The van der Waals surface area contributed by atoms with Crippen LogP contribution in [0.4, 0.5) is 0 Å². The number of ketones is 3. The van der Waals surface area contributed by atoms with Crippen LogP contribution in [0.1, 0.15) is 53.4 Å². The van der Waals surface area contributed by atoms with Gasteiger partial charge in [0.2, 0.25) is 0 Å². The van der Waals surface area contributed by atoms with Crippen LogP contribution >= 0.6 is 0 Å². The fourth-order valence-corrected chi connectivity index (χ4v) is 2.96. The fraction of sp³-hybridized carbons (Fsp3) is 0.647. The smallest absolute Gasteiger partial charge is 0.319 e. The van der Waals surface area contributed by atoms with Gasteiger partial charge in [-0.2, -0.15) is 0 Å². The topological polar surface area (TPSA) is 77.5 Å². The van der Waals surface area contributed by atoms with E-state index in [1.54, 1.807) is 6.92 Å². The van der Waals surface area contributed by atoms with Crippen molar-refractivity contribution in [1.29, 1.82) is 0 Å². The molecule has 1 atom stereocenters. The quantitative estimate of drug-likeness (QED) is 0.410. The van der Waals surface area contributed by atoms with Crippen LogP contribution in [0.3, 0.4) is 0 Å². The van der Waals surface area contributed by atoms with E-state index in [4.69, 9.17) is 4.74 Å². The van der Waals surface area contributed by atoms with Gasteiger partial charge < -0.3 is 4.74 Å². The lowest BCUT2D eigenvalue weighted by Crippen LogP contribution is -2.42. The number of rotatable bonds is 7. The fourth-order valence-electron chi connectivity index (χ4n) is 2.96. The molecule has 0 radical (unpaired) electrons. The normalized spacial score (nSPS) is 21.5. The van der Waals surface area contributed by atoms with Crippen molar-refractivity contribution >= 4 is 23.3 Å². The Labute approximate surface area is 131 Å². The van der Waals surface area contributed by atoms with Crippen LogP contribution in [-0.2, 0) is 23.9 Å². The predicted molar refractivity (Wildman–Crippen MR) is 81.2 cm³/mol. The average Bonchev–Trinajstić information content (AvgIpc) is 2.79. The van der Waals surface area contributed by atoms with Gasteiger partial charge in [-0.3, -0.25) is 19.2 Å². The van der Waals surface area contributed by atoms with Crippen molar-refractivity contribution in [2.24, 2.45) is 10.8 Å². The zero-order valence-corrected chi connectivity index (χ0v) is 13.8. The highest BCUT2D eigenvalue weighted by Gasteiger charge is 2.52. The van der Waals surface area contributed by atoms with E-state index in [1.807, 2.05) is 0 Å². The minimum absolute atomic E-state index is 0.0136. The molecule has 0 N–H and O–H groups in total. The number of allylic oxidation sites excluding steroid dienone is 1. The molecule has 22 heavy (non-hydrogen) atoms. The molecule has 0 heterocycles. The Bertz CT molecular complexity index is 517. The maximum absolute atomic E-state index is 12.3. The largest absolute Gasteiger partial charge is 0.465 e. The molecule has 1 saturated carbocycles. The number of esters is 1. The molecule has 0 aromatic heterocycles. The Morgan fingerprint density at radius 1 is 1.27 bits per heavy atom. The summed E-state index contributed by atoms with van der Waals surface area (Å²) in [5, 5.41) is 0. The number of ether oxygens (including phenoxy) is 1. The number of hydrogen-bond acceptors (Lipinski definition) is 5. The predicted octanol–water partition coefficient (Wildman–Crippen LogP) is 2.42. The monoisotopic (exact) mass is 308 g/mol. The number of carbonyl (C=O) groups excluding carboxylic acids is 4. The zero-order chi connectivity index (χ0) is 17.1. The van der Waals surface area contributed by atoms with Gasteiger partial charge >= 0.3 is 5.97 Å². The molecule has 1 aliphatic rings. The summed E-state index contributed by atoms with van der Waals surface area (Å²) >= 11 is 0. The lowest BCUT2D eigenvalue weighted by Gasteiger charge is -2.32. The highest BCUT2D eigenvalue weighted by Crippen LogP contribution is 2.45. The van der Waals surface area contributed by atoms with Gasteiger partial charge in [-0.25, -0.2) is 0 Å². The minimum atomic E-state index is -1.37. The van der Waals surface area contributed by atoms with Crippen molar-refractivity contribution in [3.05, 3.63) is 12.2 Å². The lowest BCUT2D eigenvalue weighted by atomic mass is 9.68. The second-order valence-electron chi connectivity index (χ2n) is 6.10. The molecule has 0 saturated heterocycles. The number of hydrogen-bond donors (Lipinski definition) is 0. The minimum Gasteiger partial charge on any atom is -0.465 e. The molecule has 0 aromatic rings. The highest BCUT2D eigenvalue weighted by atomic mass is 16.5. The van der Waals surface area contributed by atoms with Crippen molar-refractivity contribution < 1.29 is 23.9 Å². The van der Waals surface area contributed by atoms with E-state index < -0.39 is 16.8 Å². The zero-order valence-electron chi connectivity index (χ0n) is 13.8. The van der Waals surface area contributed by atoms with Crippen LogP contribution in [0.5, 0.6) is 0 Å². The third-order valence-electron chi connectivity index (χ3n) is 4.84. The SMILES string of the molecule is C=C(CC1(C(=O)OCC)CCCC1=O)C(C)(C(C)=O)C(C)=O. The van der Waals surface area contributed by atoms with Gasteiger partial charge in [0, 0.05) is 6.42 Å². The van der Waals surface area contributed by atoms with Crippen LogP contribution < -0.4 is 0 Å². The summed E-state index contributed by atoms with van der Waals surface area (Å²) in [4.78, 5) is 48.5. The number of carbonyl (C=O) groups is 4. The first kappa shape index (κ1) is 18.3. The summed E-state index contributed by atoms with van der Waals surface area (Å²) in [6.07, 6.45) is 1.26. The first-order valence-corrected chi connectivity index (χ1v) is 7.53. The van der Waals surface area contributed by atoms with Crippen molar-refractivity contribution in [3.8, 4) is 0 Å². The Morgan fingerprint density at radius 3 is 2.18 bits per heavy atom. The summed E-state index contributed by atoms with van der Waals surface area (Å²) in [5.41, 5.74) is -2.36. The molecule has 5 nitrogen and oxygen atoms in total. The Kier molecular flexibility index (Phi) is 5.44. The molecule has 0 aliphatic heterocycles. The molecule has 0 aromatic carbocycles. The van der Waals surface area contributed by atoms with Gasteiger partial charge in [-0.1, -0.05) is 12.2 Å². The van der Waals surface area contributed by atoms with E-state index in [2.05, 4.69) is 6.58 Å². The van der Waals surface area contributed by atoms with Crippen molar-refractivity contribution in [3.63, 3.8) is 0 Å². The van der Waals surface area contributed by atoms with Crippen LogP contribution in [0, 0.1) is 10.8 Å². The standard InChI is InChI=1S/C17H24O5/c1-6-22-15(21)17(9-7-8-14(17)20)10-11(2)16(5,12(3)18)13(4)19/h2,6-10H2,1,3-5H3. The molecule has 122 valence electrons. The number of Topliss-reactive ketones (excluding diaryl/α,β-unsaturated/α-hetero) is 3. The second kappa shape index (κ2) is 6.55. The van der Waals surface area contributed by atoms with Gasteiger partial charge in [0.05, 0.1) is 6.61 Å². The van der Waals surface area contributed by atoms with E-state index in [0.29, 0.717) is 24.8 Å². The second-order valence-corrected chi connectivity index (χ2v) is 6.10. The van der Waals surface area contributed by atoms with E-state index in [1.165, 1.54) is 20.8 Å². The summed E-state index contributed by atoms with van der Waals surface area (Å²) in [5.74, 6) is -1.45. The molecule has 5 heteroatoms. The molecule has 0 spiro atoms. The summed E-state index contributed by atoms with van der Waals surface area (Å²) < 4.78 is 5.06. The van der Waals surface area contributed by atoms with E-state index in [9.17, 15) is 19.2 Å². The lowest BCUT2D eigenvalue weighted by molar-refractivity contribution is -0.159. The van der Waals surface area contributed by atoms with Crippen molar-refractivity contribution in [1.82, 2.24) is 0 Å². The average molecular weight is 308 g/mol. The molecule has 1 aliphatic carbocycles. The molecule has 0 bridgehead atoms. The molecular formula is C17H24O5. The third-order valence-corrected chi connectivity index (χ3v) is 4.84. The summed E-state index contributed by atoms with van der Waals surface area (Å²) in [6, 6.07) is 0.